The Bertz CT molecular complexity index is 646. The van der Waals surface area contributed by atoms with Crippen molar-refractivity contribution in [3.63, 3.8) is 0 Å². The molecular formula is C12H17N3O5S. The third-order valence-corrected chi connectivity index (χ3v) is 4.84. The highest BCUT2D eigenvalue weighted by Gasteiger charge is 2.28. The molecule has 1 aromatic heterocycles. The number of hydrogen-bond acceptors (Lipinski definition) is 4. The minimum Gasteiger partial charge on any atom is -0.477 e. The van der Waals surface area contributed by atoms with Crippen molar-refractivity contribution in [2.45, 2.75) is 30.7 Å². The SMILES string of the molecule is CC(NS(=O)(=O)c1c[nH]c(C(=O)O)c1)C(=O)N1CCCC1. The smallest absolute Gasteiger partial charge is 0.352 e. The van der Waals surface area contributed by atoms with E-state index in [0.717, 1.165) is 25.1 Å². The number of aromatic amines is 1. The van der Waals surface area contributed by atoms with Gasteiger partial charge in [0.1, 0.15) is 10.6 Å². The number of aromatic nitrogens is 1. The van der Waals surface area contributed by atoms with Crippen LogP contribution < -0.4 is 4.72 Å². The molecule has 3 N–H and O–H groups in total. The van der Waals surface area contributed by atoms with Crippen LogP contribution in [0.2, 0.25) is 0 Å². The summed E-state index contributed by atoms with van der Waals surface area (Å²) in [5.41, 5.74) is -0.228. The van der Waals surface area contributed by atoms with Gasteiger partial charge in [-0.2, -0.15) is 4.72 Å². The normalized spacial score (nSPS) is 16.9. The Kier molecular flexibility index (Phi) is 4.33. The lowest BCUT2D eigenvalue weighted by molar-refractivity contribution is -0.131. The van der Waals surface area contributed by atoms with Gasteiger partial charge in [0.25, 0.3) is 0 Å². The lowest BCUT2D eigenvalue weighted by Crippen LogP contribution is -2.45. The Morgan fingerprint density at radius 3 is 2.52 bits per heavy atom. The molecule has 21 heavy (non-hydrogen) atoms. The summed E-state index contributed by atoms with van der Waals surface area (Å²) in [5, 5.41) is 8.77. The fraction of sp³-hybridized carbons (Fsp3) is 0.500. The Labute approximate surface area is 122 Å². The first-order valence-corrected chi connectivity index (χ1v) is 8.02. The van der Waals surface area contributed by atoms with Crippen LogP contribution in [0.4, 0.5) is 0 Å². The van der Waals surface area contributed by atoms with E-state index >= 15 is 0 Å². The summed E-state index contributed by atoms with van der Waals surface area (Å²) in [6, 6.07) is 0.119. The zero-order valence-electron chi connectivity index (χ0n) is 11.5. The van der Waals surface area contributed by atoms with Gasteiger partial charge in [0, 0.05) is 19.3 Å². The van der Waals surface area contributed by atoms with Crippen LogP contribution in [0.25, 0.3) is 0 Å². The summed E-state index contributed by atoms with van der Waals surface area (Å²) in [7, 11) is -3.94. The van der Waals surface area contributed by atoms with E-state index in [0.29, 0.717) is 13.1 Å². The van der Waals surface area contributed by atoms with E-state index in [1.165, 1.54) is 6.92 Å². The number of hydrogen-bond donors (Lipinski definition) is 3. The molecule has 0 spiro atoms. The molecule has 2 rings (SSSR count). The van der Waals surface area contributed by atoms with Gasteiger partial charge in [-0.05, 0) is 25.8 Å². The van der Waals surface area contributed by atoms with E-state index in [9.17, 15) is 18.0 Å². The first-order chi connectivity index (χ1) is 9.81. The van der Waals surface area contributed by atoms with Gasteiger partial charge in [-0.15, -0.1) is 0 Å². The topological polar surface area (TPSA) is 120 Å². The summed E-state index contributed by atoms with van der Waals surface area (Å²) < 4.78 is 26.5. The lowest BCUT2D eigenvalue weighted by Gasteiger charge is -2.20. The number of rotatable bonds is 5. The Balaban J connectivity index is 2.08. The molecule has 1 amide bonds. The average molecular weight is 315 g/mol. The molecule has 0 aliphatic carbocycles. The van der Waals surface area contributed by atoms with Crippen LogP contribution >= 0.6 is 0 Å². The Hall–Kier alpha value is -1.87. The van der Waals surface area contributed by atoms with Crippen LogP contribution in [0.15, 0.2) is 17.2 Å². The van der Waals surface area contributed by atoms with Crippen molar-refractivity contribution in [2.24, 2.45) is 0 Å². The summed E-state index contributed by atoms with van der Waals surface area (Å²) >= 11 is 0. The number of carboxylic acids is 1. The quantitative estimate of drug-likeness (QED) is 0.706. The third kappa shape index (κ3) is 3.42. The van der Waals surface area contributed by atoms with E-state index in [4.69, 9.17) is 5.11 Å². The first-order valence-electron chi connectivity index (χ1n) is 6.54. The molecular weight excluding hydrogens is 298 g/mol. The zero-order chi connectivity index (χ0) is 15.6. The maximum Gasteiger partial charge on any atom is 0.352 e. The van der Waals surface area contributed by atoms with E-state index < -0.39 is 22.0 Å². The molecule has 9 heteroatoms. The monoisotopic (exact) mass is 315 g/mol. The molecule has 1 atom stereocenters. The van der Waals surface area contributed by atoms with Crippen molar-refractivity contribution >= 4 is 21.9 Å². The molecule has 1 unspecified atom stereocenters. The fourth-order valence-corrected chi connectivity index (χ4v) is 3.41. The first kappa shape index (κ1) is 15.5. The second-order valence-electron chi connectivity index (χ2n) is 4.93. The predicted octanol–water partition coefficient (Wildman–Crippen LogP) is 0.00210. The molecule has 1 aliphatic heterocycles. The second kappa shape index (κ2) is 5.86. The molecule has 0 aromatic carbocycles. The van der Waals surface area contributed by atoms with E-state index in [-0.39, 0.29) is 16.5 Å². The van der Waals surface area contributed by atoms with Crippen LogP contribution in [0, 0.1) is 0 Å². The Morgan fingerprint density at radius 2 is 2.00 bits per heavy atom. The summed E-state index contributed by atoms with van der Waals surface area (Å²) in [4.78, 5) is 26.6. The molecule has 116 valence electrons. The van der Waals surface area contributed by atoms with Crippen molar-refractivity contribution in [3.8, 4) is 0 Å². The van der Waals surface area contributed by atoms with Crippen LogP contribution in [0.5, 0.6) is 0 Å². The number of nitrogens with zero attached hydrogens (tertiary/aromatic N) is 1. The van der Waals surface area contributed by atoms with Gasteiger partial charge in [-0.1, -0.05) is 0 Å². The average Bonchev–Trinajstić information content (AvgIpc) is 3.08. The molecule has 1 fully saturated rings. The minimum absolute atomic E-state index is 0.207. The highest BCUT2D eigenvalue weighted by molar-refractivity contribution is 7.89. The van der Waals surface area contributed by atoms with Crippen molar-refractivity contribution in [1.29, 1.82) is 0 Å². The number of likely N-dealkylation sites (tertiary alicyclic amines) is 1. The molecule has 1 aliphatic rings. The van der Waals surface area contributed by atoms with E-state index in [1.807, 2.05) is 0 Å². The fourth-order valence-electron chi connectivity index (χ4n) is 2.22. The van der Waals surface area contributed by atoms with Crippen LogP contribution in [0.1, 0.15) is 30.3 Å². The summed E-state index contributed by atoms with van der Waals surface area (Å²) in [5.74, 6) is -1.53. The predicted molar refractivity (Wildman–Crippen MR) is 73.3 cm³/mol. The summed E-state index contributed by atoms with van der Waals surface area (Å²) in [6.45, 7) is 2.75. The van der Waals surface area contributed by atoms with Crippen molar-refractivity contribution in [3.05, 3.63) is 18.0 Å². The van der Waals surface area contributed by atoms with Gasteiger partial charge in [0.15, 0.2) is 0 Å². The molecule has 0 saturated carbocycles. The number of amides is 1. The maximum atomic E-state index is 12.1. The largest absolute Gasteiger partial charge is 0.477 e. The van der Waals surface area contributed by atoms with Crippen LogP contribution in [0.3, 0.4) is 0 Å². The molecule has 0 radical (unpaired) electrons. The maximum absolute atomic E-state index is 12.1. The number of sulfonamides is 1. The van der Waals surface area contributed by atoms with Crippen molar-refractivity contribution in [2.75, 3.05) is 13.1 Å². The summed E-state index contributed by atoms with van der Waals surface area (Å²) in [6.07, 6.45) is 2.93. The van der Waals surface area contributed by atoms with Crippen LogP contribution in [-0.2, 0) is 14.8 Å². The van der Waals surface area contributed by atoms with Gasteiger partial charge in [0.05, 0.1) is 6.04 Å². The second-order valence-corrected chi connectivity index (χ2v) is 6.64. The van der Waals surface area contributed by atoms with Gasteiger partial charge < -0.3 is 15.0 Å². The van der Waals surface area contributed by atoms with E-state index in [2.05, 4.69) is 9.71 Å². The van der Waals surface area contributed by atoms with Gasteiger partial charge in [-0.3, -0.25) is 4.79 Å². The molecule has 2 heterocycles. The lowest BCUT2D eigenvalue weighted by atomic mass is 10.3. The molecule has 1 saturated heterocycles. The van der Waals surface area contributed by atoms with Gasteiger partial charge in [0.2, 0.25) is 15.9 Å². The van der Waals surface area contributed by atoms with Gasteiger partial charge >= 0.3 is 5.97 Å². The number of carbonyl (C=O) groups is 2. The molecule has 8 nitrogen and oxygen atoms in total. The number of H-pyrrole nitrogens is 1. The molecule has 1 aromatic rings. The standard InChI is InChI=1S/C12H17N3O5S/c1-8(11(16)15-4-2-3-5-15)14-21(19,20)9-6-10(12(17)18)13-7-9/h6-8,13-14H,2-5H2,1H3,(H,17,18). The minimum atomic E-state index is -3.94. The number of aromatic carboxylic acids is 1. The van der Waals surface area contributed by atoms with E-state index in [1.54, 1.807) is 4.90 Å². The highest BCUT2D eigenvalue weighted by Crippen LogP contribution is 2.13. The Morgan fingerprint density at radius 1 is 1.38 bits per heavy atom. The number of carbonyl (C=O) groups excluding carboxylic acids is 1. The zero-order valence-corrected chi connectivity index (χ0v) is 12.3. The third-order valence-electron chi connectivity index (χ3n) is 3.32. The highest BCUT2D eigenvalue weighted by atomic mass is 32.2. The number of carboxylic acid groups (broad SMARTS) is 1. The number of nitrogens with one attached hydrogen (secondary N) is 2. The van der Waals surface area contributed by atoms with Crippen molar-refractivity contribution < 1.29 is 23.1 Å². The van der Waals surface area contributed by atoms with Gasteiger partial charge in [-0.25, -0.2) is 13.2 Å². The molecule has 0 bridgehead atoms. The van der Waals surface area contributed by atoms with Crippen molar-refractivity contribution in [1.82, 2.24) is 14.6 Å². The van der Waals surface area contributed by atoms with Crippen LogP contribution in [-0.4, -0.2) is 54.4 Å².